The minimum absolute atomic E-state index is 0.0249. The first kappa shape index (κ1) is 54.3. The van der Waals surface area contributed by atoms with Crippen LogP contribution in [0.2, 0.25) is 0 Å². The summed E-state index contributed by atoms with van der Waals surface area (Å²) < 4.78 is 45.3. The van der Waals surface area contributed by atoms with E-state index in [2.05, 4.69) is 63.6 Å². The number of hydrogen-bond donors (Lipinski definition) is 6. The third kappa shape index (κ3) is 10.4. The smallest absolute Gasteiger partial charge is 0.405 e. The van der Waals surface area contributed by atoms with Crippen molar-refractivity contribution < 1.29 is 47.6 Å². The maximum atomic E-state index is 17.1. The zero-order valence-electron chi connectivity index (χ0n) is 45.9. The van der Waals surface area contributed by atoms with Crippen LogP contribution in [-0.2, 0) is 24.6 Å². The van der Waals surface area contributed by atoms with Crippen LogP contribution in [0.15, 0.2) is 78.9 Å². The number of carbonyl (C=O) groups excluding carboxylic acids is 2. The summed E-state index contributed by atoms with van der Waals surface area (Å²) in [5, 5.41) is 24.7. The molecule has 81 heavy (non-hydrogen) atoms. The average molecular weight is 1110 g/mol. The lowest BCUT2D eigenvalue weighted by molar-refractivity contribution is -0.137. The quantitative estimate of drug-likeness (QED) is 0.0636. The molecule has 20 heteroatoms. The Morgan fingerprint density at radius 3 is 1.69 bits per heavy atom. The zero-order chi connectivity index (χ0) is 56.1. The predicted molar refractivity (Wildman–Crippen MR) is 300 cm³/mol. The van der Waals surface area contributed by atoms with Gasteiger partial charge in [-0.15, -0.1) is 0 Å². The average Bonchev–Trinajstić information content (AvgIpc) is 4.40. The first-order valence-electron chi connectivity index (χ1n) is 29.1. The fraction of sp³-hybridized carbons (Fsp3) is 0.508. The summed E-state index contributed by atoms with van der Waals surface area (Å²) in [5.41, 5.74) is 5.40. The van der Waals surface area contributed by atoms with E-state index in [0.29, 0.717) is 132 Å². The Labute approximate surface area is 468 Å². The van der Waals surface area contributed by atoms with Crippen LogP contribution in [0.4, 0.5) is 29.7 Å². The topological polar surface area (TPSA) is 222 Å². The number of piperidine rings is 1. The number of aromatic nitrogens is 4. The third-order valence-corrected chi connectivity index (χ3v) is 19.0. The van der Waals surface area contributed by atoms with Crippen molar-refractivity contribution in [3.05, 3.63) is 119 Å². The van der Waals surface area contributed by atoms with E-state index in [9.17, 15) is 29.4 Å². The molecule has 6 aliphatic rings. The fourth-order valence-corrected chi connectivity index (χ4v) is 14.6. The van der Waals surface area contributed by atoms with Crippen molar-refractivity contribution in [2.24, 2.45) is 17.8 Å². The van der Waals surface area contributed by atoms with Gasteiger partial charge in [-0.05, 0) is 154 Å². The van der Waals surface area contributed by atoms with E-state index in [1.165, 1.54) is 17.7 Å². The van der Waals surface area contributed by atoms with Gasteiger partial charge in [-0.1, -0.05) is 49.4 Å². The van der Waals surface area contributed by atoms with Crippen LogP contribution in [0, 0.1) is 29.4 Å². The van der Waals surface area contributed by atoms with Crippen LogP contribution < -0.4 is 20.4 Å². The van der Waals surface area contributed by atoms with Gasteiger partial charge < -0.3 is 59.9 Å². The molecule has 18 nitrogen and oxygen atoms in total. The van der Waals surface area contributed by atoms with Gasteiger partial charge in [0.25, 0.3) is 0 Å². The number of aromatic amines is 2. The number of likely N-dealkylation sites (tertiary alicyclic amines) is 2. The zero-order valence-corrected chi connectivity index (χ0v) is 45.9. The number of carbonyl (C=O) groups is 4. The molecule has 6 N–H and O–H groups in total. The minimum atomic E-state index is -1.25. The van der Waals surface area contributed by atoms with E-state index in [4.69, 9.17) is 19.4 Å². The van der Waals surface area contributed by atoms with Crippen molar-refractivity contribution in [3.8, 4) is 0 Å². The Balaban J connectivity index is 0.876. The molecule has 7 atom stereocenters. The molecule has 0 saturated carbocycles. The van der Waals surface area contributed by atoms with Gasteiger partial charge in [0.05, 0.1) is 45.7 Å². The first-order valence-corrected chi connectivity index (χ1v) is 29.1. The number of carboxylic acid groups (broad SMARTS) is 2. The van der Waals surface area contributed by atoms with Gasteiger partial charge in [0.1, 0.15) is 29.4 Å². The molecule has 6 aliphatic heterocycles. The number of anilines is 2. The van der Waals surface area contributed by atoms with Crippen LogP contribution in [0.1, 0.15) is 137 Å². The van der Waals surface area contributed by atoms with Crippen molar-refractivity contribution in [2.45, 2.75) is 126 Å². The van der Waals surface area contributed by atoms with Crippen LogP contribution in [0.3, 0.4) is 0 Å². The highest BCUT2D eigenvalue weighted by molar-refractivity contribution is 5.87. The van der Waals surface area contributed by atoms with Crippen LogP contribution in [0.25, 0.3) is 22.1 Å². The van der Waals surface area contributed by atoms with Gasteiger partial charge >= 0.3 is 12.2 Å². The summed E-state index contributed by atoms with van der Waals surface area (Å²) in [5.74, 6) is -0.743. The number of benzene rings is 4. The van der Waals surface area contributed by atoms with E-state index in [0.717, 1.165) is 47.8 Å². The Hall–Kier alpha value is -7.32. The van der Waals surface area contributed by atoms with Crippen molar-refractivity contribution in [2.75, 3.05) is 62.4 Å². The van der Waals surface area contributed by atoms with Gasteiger partial charge in [-0.3, -0.25) is 9.59 Å². The molecule has 4 aromatic carbocycles. The highest BCUT2D eigenvalue weighted by Crippen LogP contribution is 2.55. The van der Waals surface area contributed by atoms with Crippen molar-refractivity contribution in [1.82, 2.24) is 40.4 Å². The fourth-order valence-electron chi connectivity index (χ4n) is 14.6. The predicted octanol–water partition coefficient (Wildman–Crippen LogP) is 10.1. The standard InChI is InChI=1S/C61H72F2N10O8/c1-35-30-51(40-12-14-45-47(31-40)66-55(64-45)49-10-6-22-71(49)57(74)52(68-59(76)77)38-18-26-80-27-19-38)73(42-33-43(62)54(44(63)34-42)70-24-16-37(17-25-70)36-8-4-3-5-9-36)61(35,2)41-13-15-46-48(32-41)67-56(65-46)50-11-7-23-72(50)58(75)53(69-60(78)79)39-20-28-81-29-21-39/h3-5,8-9,12-15,31-35,37-39,49-53,68-69H,6-7,10-11,16-30H2,1-2H3,(H,64,66)(H,65,67)(H,76,77)(H,78,79)/t35?,49-,50-,51+,52-,53-,61+/m0/s1. The van der Waals surface area contributed by atoms with E-state index in [-0.39, 0.29) is 41.3 Å². The molecule has 12 rings (SSSR count). The number of amides is 4. The van der Waals surface area contributed by atoms with Gasteiger partial charge in [-0.25, -0.2) is 28.3 Å². The summed E-state index contributed by atoms with van der Waals surface area (Å²) in [6.45, 7) is 8.10. The Morgan fingerprint density at radius 1 is 0.642 bits per heavy atom. The molecule has 8 heterocycles. The molecule has 6 aromatic rings. The van der Waals surface area contributed by atoms with E-state index >= 15 is 8.78 Å². The number of fused-ring (bicyclic) bond motifs is 2. The molecular formula is C61H72F2N10O8. The lowest BCUT2D eigenvalue weighted by Crippen LogP contribution is -2.52. The molecule has 1 unspecified atom stereocenters. The number of halogens is 2. The normalized spacial score (nSPS) is 25.0. The lowest BCUT2D eigenvalue weighted by Gasteiger charge is -2.43. The number of nitrogens with one attached hydrogen (secondary N) is 4. The second-order valence-electron chi connectivity index (χ2n) is 23.5. The number of nitrogens with zero attached hydrogens (tertiary/aromatic N) is 6. The van der Waals surface area contributed by atoms with Crippen LogP contribution >= 0.6 is 0 Å². The van der Waals surface area contributed by atoms with Crippen molar-refractivity contribution >= 4 is 57.4 Å². The maximum Gasteiger partial charge on any atom is 0.405 e. The largest absolute Gasteiger partial charge is 0.465 e. The summed E-state index contributed by atoms with van der Waals surface area (Å²) in [6.07, 6.45) is 4.71. The Morgan fingerprint density at radius 2 is 1.16 bits per heavy atom. The summed E-state index contributed by atoms with van der Waals surface area (Å²) in [7, 11) is 0. The Kier molecular flexibility index (Phi) is 15.1. The summed E-state index contributed by atoms with van der Waals surface area (Å²) >= 11 is 0. The van der Waals surface area contributed by atoms with Crippen molar-refractivity contribution in [1.29, 1.82) is 0 Å². The van der Waals surface area contributed by atoms with Gasteiger partial charge in [0, 0.05) is 58.3 Å². The molecule has 0 aliphatic carbocycles. The molecule has 0 radical (unpaired) electrons. The molecule has 2 aromatic heterocycles. The minimum Gasteiger partial charge on any atom is -0.465 e. The highest BCUT2D eigenvalue weighted by Gasteiger charge is 2.51. The Bertz CT molecular complexity index is 3280. The van der Waals surface area contributed by atoms with Crippen molar-refractivity contribution in [3.63, 3.8) is 0 Å². The van der Waals surface area contributed by atoms with Gasteiger partial charge in [0.2, 0.25) is 11.8 Å². The molecule has 0 spiro atoms. The molecule has 4 amide bonds. The molecule has 428 valence electrons. The number of hydrogen-bond acceptors (Lipinski definition) is 10. The maximum absolute atomic E-state index is 17.1. The first-order chi connectivity index (χ1) is 39.2. The van der Waals surface area contributed by atoms with Gasteiger partial charge in [0.15, 0.2) is 11.6 Å². The molecule has 0 bridgehead atoms. The molecule has 6 saturated heterocycles. The van der Waals surface area contributed by atoms with Gasteiger partial charge in [-0.2, -0.15) is 0 Å². The number of rotatable bonds is 13. The second kappa shape index (κ2) is 22.6. The van der Waals surface area contributed by atoms with E-state index in [1.54, 1.807) is 9.80 Å². The number of imidazole rings is 2. The third-order valence-electron chi connectivity index (χ3n) is 19.0. The second-order valence-corrected chi connectivity index (χ2v) is 23.5. The summed E-state index contributed by atoms with van der Waals surface area (Å²) in [6, 6.07) is 22.3. The van der Waals surface area contributed by atoms with Crippen LogP contribution in [-0.4, -0.2) is 129 Å². The lowest BCUT2D eigenvalue weighted by atomic mass is 9.81. The number of ether oxygens (including phenoxy) is 2. The molecular weight excluding hydrogens is 1040 g/mol. The summed E-state index contributed by atoms with van der Waals surface area (Å²) in [4.78, 5) is 77.3. The van der Waals surface area contributed by atoms with E-state index < -0.39 is 53.5 Å². The highest BCUT2D eigenvalue weighted by atomic mass is 19.1. The monoisotopic (exact) mass is 1110 g/mol. The van der Waals surface area contributed by atoms with Crippen LogP contribution in [0.5, 0.6) is 0 Å². The SMILES string of the molecule is CC1C[C@H](c2ccc3nc([C@@H]4CCCN4C(=O)[C@@H](NC(=O)O)C4CCOCC4)[nH]c3c2)N(c2cc(F)c(N3CCC(c4ccccc4)CC3)c(F)c2)[C@@]1(C)c1ccc2nc([C@@H]3CCCN3C(=O)[C@@H](NC(=O)O)C3CCOCC3)[nH]c2c1. The van der Waals surface area contributed by atoms with E-state index in [1.807, 2.05) is 47.4 Å². The number of H-pyrrole nitrogens is 2. The molecule has 6 fully saturated rings.